The van der Waals surface area contributed by atoms with E-state index in [1.165, 1.54) is 5.56 Å². The molecule has 0 radical (unpaired) electrons. The second-order valence-electron chi connectivity index (χ2n) is 3.89. The van der Waals surface area contributed by atoms with Crippen LogP contribution >= 0.6 is 15.9 Å². The maximum Gasteiger partial charge on any atom is 0.163 e. The number of hydrogen-bond acceptors (Lipinski definition) is 1. The Balaban J connectivity index is 2.65. The molecule has 0 saturated heterocycles. The molecule has 0 aliphatic heterocycles. The Morgan fingerprint density at radius 3 is 2.60 bits per heavy atom. The lowest BCUT2D eigenvalue weighted by atomic mass is 9.99. The van der Waals surface area contributed by atoms with Crippen LogP contribution < -0.4 is 0 Å². The molecular weight excluding hydrogens is 252 g/mol. The number of hydrogen-bond donors (Lipinski definition) is 0. The zero-order valence-corrected chi connectivity index (χ0v) is 10.9. The molecule has 1 rings (SSSR count). The van der Waals surface area contributed by atoms with Gasteiger partial charge in [-0.05, 0) is 32.3 Å². The van der Waals surface area contributed by atoms with E-state index in [-0.39, 0.29) is 5.78 Å². The number of halogens is 1. The lowest BCUT2D eigenvalue weighted by molar-refractivity contribution is 0.0979. The number of Topliss-reactive ketones (excluding diaryl/α,β-unsaturated/α-hetero) is 1. The second kappa shape index (κ2) is 6.06. The first-order valence-corrected chi connectivity index (χ1v) is 6.43. The molecular formula is C13H17BrO. The molecule has 0 N–H and O–H groups in total. The van der Waals surface area contributed by atoms with E-state index in [2.05, 4.69) is 22.0 Å². The summed E-state index contributed by atoms with van der Waals surface area (Å²) in [6, 6.07) is 6.02. The van der Waals surface area contributed by atoms with Crippen molar-refractivity contribution in [2.75, 3.05) is 5.33 Å². The Morgan fingerprint density at radius 1 is 1.27 bits per heavy atom. The summed E-state index contributed by atoms with van der Waals surface area (Å²) in [4.78, 5) is 11.8. The van der Waals surface area contributed by atoms with Gasteiger partial charge in [0.05, 0.1) is 0 Å². The first kappa shape index (κ1) is 12.4. The smallest absolute Gasteiger partial charge is 0.163 e. The monoisotopic (exact) mass is 268 g/mol. The molecule has 0 heterocycles. The van der Waals surface area contributed by atoms with Gasteiger partial charge in [-0.2, -0.15) is 0 Å². The van der Waals surface area contributed by atoms with Crippen LogP contribution in [0.1, 0.15) is 40.7 Å². The van der Waals surface area contributed by atoms with Crippen molar-refractivity contribution in [3.05, 3.63) is 34.9 Å². The summed E-state index contributed by atoms with van der Waals surface area (Å²) in [6.07, 6.45) is 2.70. The van der Waals surface area contributed by atoms with Crippen molar-refractivity contribution in [3.8, 4) is 0 Å². The summed E-state index contributed by atoms with van der Waals surface area (Å²) in [5.41, 5.74) is 3.19. The van der Waals surface area contributed by atoms with Crippen LogP contribution in [0.3, 0.4) is 0 Å². The molecule has 0 aliphatic carbocycles. The number of aryl methyl sites for hydroxylation is 2. The number of alkyl halides is 1. The first-order valence-electron chi connectivity index (χ1n) is 5.31. The van der Waals surface area contributed by atoms with Crippen molar-refractivity contribution >= 4 is 21.7 Å². The van der Waals surface area contributed by atoms with E-state index in [0.29, 0.717) is 6.42 Å². The predicted molar refractivity (Wildman–Crippen MR) is 67.9 cm³/mol. The van der Waals surface area contributed by atoms with Gasteiger partial charge < -0.3 is 0 Å². The molecule has 0 atom stereocenters. The molecule has 0 aromatic heterocycles. The second-order valence-corrected chi connectivity index (χ2v) is 4.68. The molecule has 0 unspecified atom stereocenters. The minimum absolute atomic E-state index is 0.272. The average Bonchev–Trinajstić information content (AvgIpc) is 2.17. The van der Waals surface area contributed by atoms with Gasteiger partial charge in [-0.15, -0.1) is 0 Å². The number of carbonyl (C=O) groups excluding carboxylic acids is 1. The number of rotatable bonds is 5. The SMILES string of the molecule is Cc1ccc(C(=O)CCCCBr)c(C)c1. The van der Waals surface area contributed by atoms with Crippen molar-refractivity contribution in [2.45, 2.75) is 33.1 Å². The van der Waals surface area contributed by atoms with Crippen LogP contribution in [-0.4, -0.2) is 11.1 Å². The predicted octanol–water partition coefficient (Wildman–Crippen LogP) is 4.05. The van der Waals surface area contributed by atoms with Gasteiger partial charge in [0.25, 0.3) is 0 Å². The molecule has 0 aliphatic rings. The number of carbonyl (C=O) groups is 1. The summed E-state index contributed by atoms with van der Waals surface area (Å²) < 4.78 is 0. The molecule has 0 spiro atoms. The van der Waals surface area contributed by atoms with Gasteiger partial charge in [-0.25, -0.2) is 0 Å². The van der Waals surface area contributed by atoms with Crippen LogP contribution in [0.2, 0.25) is 0 Å². The summed E-state index contributed by atoms with van der Waals surface area (Å²) >= 11 is 3.37. The molecule has 0 fully saturated rings. The van der Waals surface area contributed by atoms with Crippen molar-refractivity contribution in [2.24, 2.45) is 0 Å². The Hall–Kier alpha value is -0.630. The third kappa shape index (κ3) is 3.78. The van der Waals surface area contributed by atoms with Crippen molar-refractivity contribution in [1.29, 1.82) is 0 Å². The highest BCUT2D eigenvalue weighted by atomic mass is 79.9. The lowest BCUT2D eigenvalue weighted by Gasteiger charge is -2.05. The van der Waals surface area contributed by atoms with Crippen molar-refractivity contribution < 1.29 is 4.79 Å². The molecule has 1 aromatic rings. The fraction of sp³-hybridized carbons (Fsp3) is 0.462. The maximum absolute atomic E-state index is 11.8. The van der Waals surface area contributed by atoms with Gasteiger partial charge in [-0.3, -0.25) is 4.79 Å². The molecule has 0 amide bonds. The highest BCUT2D eigenvalue weighted by molar-refractivity contribution is 9.09. The summed E-state index contributed by atoms with van der Waals surface area (Å²) in [6.45, 7) is 4.05. The van der Waals surface area contributed by atoms with Gasteiger partial charge >= 0.3 is 0 Å². The van der Waals surface area contributed by atoms with Crippen LogP contribution in [0.25, 0.3) is 0 Å². The van der Waals surface area contributed by atoms with Crippen LogP contribution in [-0.2, 0) is 0 Å². The Kier molecular flexibility index (Phi) is 5.03. The molecule has 1 aromatic carbocycles. The number of ketones is 1. The quantitative estimate of drug-likeness (QED) is 0.447. The molecule has 0 bridgehead atoms. The highest BCUT2D eigenvalue weighted by Gasteiger charge is 2.08. The molecule has 82 valence electrons. The van der Waals surface area contributed by atoms with E-state index in [9.17, 15) is 4.79 Å². The topological polar surface area (TPSA) is 17.1 Å². The summed E-state index contributed by atoms with van der Waals surface area (Å²) in [7, 11) is 0. The normalized spacial score (nSPS) is 10.3. The average molecular weight is 269 g/mol. The highest BCUT2D eigenvalue weighted by Crippen LogP contribution is 2.14. The van der Waals surface area contributed by atoms with Crippen LogP contribution in [0.5, 0.6) is 0 Å². The van der Waals surface area contributed by atoms with Gasteiger partial charge in [0.2, 0.25) is 0 Å². The van der Waals surface area contributed by atoms with Gasteiger partial charge in [0, 0.05) is 17.3 Å². The van der Waals surface area contributed by atoms with Gasteiger partial charge in [0.15, 0.2) is 5.78 Å². The maximum atomic E-state index is 11.8. The Labute approximate surface area is 100 Å². The standard InChI is InChI=1S/C13H17BrO/c1-10-6-7-12(11(2)9-10)13(15)5-3-4-8-14/h6-7,9H,3-5,8H2,1-2H3. The molecule has 2 heteroatoms. The first-order chi connectivity index (χ1) is 7.15. The summed E-state index contributed by atoms with van der Waals surface area (Å²) in [5.74, 6) is 0.272. The van der Waals surface area contributed by atoms with Crippen LogP contribution in [0.4, 0.5) is 0 Å². The largest absolute Gasteiger partial charge is 0.294 e. The summed E-state index contributed by atoms with van der Waals surface area (Å²) in [5, 5.41) is 0.979. The van der Waals surface area contributed by atoms with E-state index in [0.717, 1.165) is 29.3 Å². The van der Waals surface area contributed by atoms with Crippen molar-refractivity contribution in [3.63, 3.8) is 0 Å². The lowest BCUT2D eigenvalue weighted by Crippen LogP contribution is -2.02. The van der Waals surface area contributed by atoms with E-state index < -0.39 is 0 Å². The minimum atomic E-state index is 0.272. The fourth-order valence-corrected chi connectivity index (χ4v) is 2.04. The minimum Gasteiger partial charge on any atom is -0.294 e. The fourth-order valence-electron chi connectivity index (χ4n) is 1.64. The van der Waals surface area contributed by atoms with E-state index in [1.807, 2.05) is 26.0 Å². The van der Waals surface area contributed by atoms with E-state index >= 15 is 0 Å². The zero-order chi connectivity index (χ0) is 11.3. The van der Waals surface area contributed by atoms with E-state index in [4.69, 9.17) is 0 Å². The van der Waals surface area contributed by atoms with Crippen molar-refractivity contribution in [1.82, 2.24) is 0 Å². The van der Waals surface area contributed by atoms with Crippen LogP contribution in [0, 0.1) is 13.8 Å². The number of benzene rings is 1. The van der Waals surface area contributed by atoms with E-state index in [1.54, 1.807) is 0 Å². The molecule has 15 heavy (non-hydrogen) atoms. The Morgan fingerprint density at radius 2 is 2.00 bits per heavy atom. The molecule has 1 nitrogen and oxygen atoms in total. The van der Waals surface area contributed by atoms with Crippen LogP contribution in [0.15, 0.2) is 18.2 Å². The number of unbranched alkanes of at least 4 members (excludes halogenated alkanes) is 1. The Bertz CT molecular complexity index is 344. The van der Waals surface area contributed by atoms with Gasteiger partial charge in [0.1, 0.15) is 0 Å². The molecule has 0 saturated carbocycles. The van der Waals surface area contributed by atoms with Gasteiger partial charge in [-0.1, -0.05) is 39.7 Å². The third-order valence-corrected chi connectivity index (χ3v) is 3.03. The zero-order valence-electron chi connectivity index (χ0n) is 9.35. The third-order valence-electron chi connectivity index (χ3n) is 2.47.